The quantitative estimate of drug-likeness (QED) is 0.847. The number of amides is 1. The molecule has 0 aliphatic carbocycles. The summed E-state index contributed by atoms with van der Waals surface area (Å²) in [7, 11) is 0. The summed E-state index contributed by atoms with van der Waals surface area (Å²) in [5, 5.41) is 3.63. The van der Waals surface area contributed by atoms with Gasteiger partial charge < -0.3 is 15.0 Å². The molecule has 0 aromatic carbocycles. The van der Waals surface area contributed by atoms with Crippen LogP contribution in [0.2, 0.25) is 0 Å². The topological polar surface area (TPSA) is 41.6 Å². The monoisotopic (exact) mass is 302 g/mol. The first kappa shape index (κ1) is 17.6. The zero-order chi connectivity index (χ0) is 15.2. The van der Waals surface area contributed by atoms with E-state index in [0.717, 1.165) is 37.4 Å². The molecule has 5 heteroatoms. The third-order valence-electron chi connectivity index (χ3n) is 3.17. The van der Waals surface area contributed by atoms with Crippen LogP contribution < -0.4 is 5.32 Å². The predicted molar refractivity (Wildman–Crippen MR) is 86.4 cm³/mol. The highest BCUT2D eigenvalue weighted by atomic mass is 32.2. The molecule has 4 nitrogen and oxygen atoms in total. The van der Waals surface area contributed by atoms with E-state index in [2.05, 4.69) is 19.2 Å². The van der Waals surface area contributed by atoms with Crippen LogP contribution in [-0.4, -0.2) is 53.3 Å². The van der Waals surface area contributed by atoms with Gasteiger partial charge in [-0.3, -0.25) is 0 Å². The Labute approximate surface area is 128 Å². The average Bonchev–Trinajstić information content (AvgIpc) is 2.34. The molecule has 0 bridgehead atoms. The molecule has 20 heavy (non-hydrogen) atoms. The van der Waals surface area contributed by atoms with E-state index in [1.54, 1.807) is 0 Å². The minimum atomic E-state index is -0.414. The van der Waals surface area contributed by atoms with Gasteiger partial charge in [-0.1, -0.05) is 6.92 Å². The normalized spacial score (nSPS) is 21.6. The summed E-state index contributed by atoms with van der Waals surface area (Å²) in [6.07, 6.45) is 2.00. The fourth-order valence-electron chi connectivity index (χ4n) is 2.35. The molecule has 118 valence electrons. The SMILES string of the molecule is CCSCC(C)NC1CCCN(C(=O)OC(C)(C)C)C1. The highest BCUT2D eigenvalue weighted by Crippen LogP contribution is 2.16. The number of nitrogens with one attached hydrogen (secondary N) is 1. The van der Waals surface area contributed by atoms with Gasteiger partial charge in [-0.15, -0.1) is 0 Å². The summed E-state index contributed by atoms with van der Waals surface area (Å²) in [6, 6.07) is 0.882. The molecule has 0 aromatic rings. The van der Waals surface area contributed by atoms with E-state index in [0.29, 0.717) is 12.1 Å². The smallest absolute Gasteiger partial charge is 0.410 e. The van der Waals surface area contributed by atoms with Gasteiger partial charge in [0.15, 0.2) is 0 Å². The second kappa shape index (κ2) is 8.13. The third kappa shape index (κ3) is 6.84. The summed E-state index contributed by atoms with van der Waals surface area (Å²) in [5.74, 6) is 2.28. The molecule has 0 radical (unpaired) electrons. The molecule has 2 atom stereocenters. The van der Waals surface area contributed by atoms with Crippen molar-refractivity contribution in [1.82, 2.24) is 10.2 Å². The van der Waals surface area contributed by atoms with Gasteiger partial charge in [-0.05, 0) is 46.3 Å². The highest BCUT2D eigenvalue weighted by Gasteiger charge is 2.27. The first-order valence-electron chi connectivity index (χ1n) is 7.63. The maximum Gasteiger partial charge on any atom is 0.410 e. The lowest BCUT2D eigenvalue weighted by atomic mass is 10.1. The van der Waals surface area contributed by atoms with Gasteiger partial charge in [0.1, 0.15) is 5.60 Å². The van der Waals surface area contributed by atoms with Crippen LogP contribution in [-0.2, 0) is 4.74 Å². The second-order valence-corrected chi connectivity index (χ2v) is 7.81. The Morgan fingerprint density at radius 2 is 2.20 bits per heavy atom. The van der Waals surface area contributed by atoms with E-state index in [-0.39, 0.29) is 6.09 Å². The summed E-state index contributed by atoms with van der Waals surface area (Å²) in [4.78, 5) is 13.9. The van der Waals surface area contributed by atoms with Crippen LogP contribution in [0.5, 0.6) is 0 Å². The minimum Gasteiger partial charge on any atom is -0.444 e. The molecule has 0 spiro atoms. The van der Waals surface area contributed by atoms with Crippen LogP contribution in [0.15, 0.2) is 0 Å². The molecule has 1 heterocycles. The summed E-state index contributed by atoms with van der Waals surface area (Å²) in [5.41, 5.74) is -0.414. The Morgan fingerprint density at radius 3 is 2.80 bits per heavy atom. The van der Waals surface area contributed by atoms with E-state index in [1.165, 1.54) is 0 Å². The van der Waals surface area contributed by atoms with E-state index >= 15 is 0 Å². The molecule has 0 aromatic heterocycles. The van der Waals surface area contributed by atoms with Crippen molar-refractivity contribution in [1.29, 1.82) is 0 Å². The number of nitrogens with zero attached hydrogens (tertiary/aromatic N) is 1. The number of carbonyl (C=O) groups excluding carboxylic acids is 1. The fourth-order valence-corrected chi connectivity index (χ4v) is 3.04. The maximum absolute atomic E-state index is 12.1. The number of carbonyl (C=O) groups is 1. The number of rotatable bonds is 5. The molecule has 1 saturated heterocycles. The number of likely N-dealkylation sites (tertiary alicyclic amines) is 1. The standard InChI is InChI=1S/C15H30N2O2S/c1-6-20-11-12(2)16-13-8-7-9-17(10-13)14(18)19-15(3,4)5/h12-13,16H,6-11H2,1-5H3. The average molecular weight is 302 g/mol. The van der Waals surface area contributed by atoms with Crippen molar-refractivity contribution in [3.8, 4) is 0 Å². The lowest BCUT2D eigenvalue weighted by Crippen LogP contribution is -2.51. The zero-order valence-electron chi connectivity index (χ0n) is 13.6. The molecule has 1 aliphatic rings. The third-order valence-corrected chi connectivity index (χ3v) is 4.31. The van der Waals surface area contributed by atoms with Crippen LogP contribution in [0.25, 0.3) is 0 Å². The Morgan fingerprint density at radius 1 is 1.50 bits per heavy atom. The molecule has 1 N–H and O–H groups in total. The van der Waals surface area contributed by atoms with Gasteiger partial charge in [-0.25, -0.2) is 4.79 Å². The zero-order valence-corrected chi connectivity index (χ0v) is 14.4. The largest absolute Gasteiger partial charge is 0.444 e. The Kier molecular flexibility index (Phi) is 7.17. The fraction of sp³-hybridized carbons (Fsp3) is 0.933. The first-order chi connectivity index (χ1) is 9.31. The number of piperidine rings is 1. The Hall–Kier alpha value is -0.420. The van der Waals surface area contributed by atoms with Crippen LogP contribution >= 0.6 is 11.8 Å². The number of ether oxygens (including phenoxy) is 1. The molecular weight excluding hydrogens is 272 g/mol. The lowest BCUT2D eigenvalue weighted by molar-refractivity contribution is 0.0185. The summed E-state index contributed by atoms with van der Waals surface area (Å²) < 4.78 is 5.45. The van der Waals surface area contributed by atoms with Crippen molar-refractivity contribution in [2.75, 3.05) is 24.6 Å². The van der Waals surface area contributed by atoms with E-state index in [4.69, 9.17) is 4.74 Å². The number of hydrogen-bond donors (Lipinski definition) is 1. The lowest BCUT2D eigenvalue weighted by Gasteiger charge is -2.35. The maximum atomic E-state index is 12.1. The Bertz CT molecular complexity index is 305. The van der Waals surface area contributed by atoms with Gasteiger partial charge in [0.25, 0.3) is 0 Å². The number of thioether (sulfide) groups is 1. The number of hydrogen-bond acceptors (Lipinski definition) is 4. The van der Waals surface area contributed by atoms with Crippen molar-refractivity contribution in [2.24, 2.45) is 0 Å². The van der Waals surface area contributed by atoms with Crippen molar-refractivity contribution in [2.45, 2.75) is 65.1 Å². The molecule has 2 unspecified atom stereocenters. The minimum absolute atomic E-state index is 0.181. The van der Waals surface area contributed by atoms with Crippen molar-refractivity contribution >= 4 is 17.9 Å². The van der Waals surface area contributed by atoms with Crippen LogP contribution in [0.1, 0.15) is 47.5 Å². The van der Waals surface area contributed by atoms with Gasteiger partial charge in [0, 0.05) is 30.9 Å². The molecule has 0 saturated carbocycles. The van der Waals surface area contributed by atoms with Crippen LogP contribution in [0.4, 0.5) is 4.79 Å². The van der Waals surface area contributed by atoms with Crippen LogP contribution in [0.3, 0.4) is 0 Å². The van der Waals surface area contributed by atoms with E-state index in [1.807, 2.05) is 37.4 Å². The van der Waals surface area contributed by atoms with Gasteiger partial charge in [-0.2, -0.15) is 11.8 Å². The van der Waals surface area contributed by atoms with Crippen molar-refractivity contribution in [3.05, 3.63) is 0 Å². The van der Waals surface area contributed by atoms with Crippen molar-refractivity contribution in [3.63, 3.8) is 0 Å². The first-order valence-corrected chi connectivity index (χ1v) is 8.79. The van der Waals surface area contributed by atoms with E-state index in [9.17, 15) is 4.79 Å². The summed E-state index contributed by atoms with van der Waals surface area (Å²) >= 11 is 1.95. The van der Waals surface area contributed by atoms with Crippen molar-refractivity contribution < 1.29 is 9.53 Å². The molecule has 1 amide bonds. The molecular formula is C15H30N2O2S. The van der Waals surface area contributed by atoms with E-state index < -0.39 is 5.60 Å². The van der Waals surface area contributed by atoms with Gasteiger partial charge >= 0.3 is 6.09 Å². The van der Waals surface area contributed by atoms with Gasteiger partial charge in [0.2, 0.25) is 0 Å². The highest BCUT2D eigenvalue weighted by molar-refractivity contribution is 7.99. The second-order valence-electron chi connectivity index (χ2n) is 6.49. The summed E-state index contributed by atoms with van der Waals surface area (Å²) in [6.45, 7) is 11.7. The molecule has 1 rings (SSSR count). The predicted octanol–water partition coefficient (Wildman–Crippen LogP) is 3.12. The molecule has 1 aliphatic heterocycles. The Balaban J connectivity index is 2.40. The van der Waals surface area contributed by atoms with Gasteiger partial charge in [0.05, 0.1) is 0 Å². The molecule has 1 fully saturated rings. The van der Waals surface area contributed by atoms with Crippen LogP contribution in [0, 0.1) is 0 Å².